The van der Waals surface area contributed by atoms with Crippen LogP contribution in [0.5, 0.6) is 0 Å². The van der Waals surface area contributed by atoms with E-state index in [2.05, 4.69) is 5.16 Å². The standard InChI is InChI=1S/C13H21N3O2S/c1-4-19-11-7-5-6-10(12(11)13(14)15-18)16(3)8-9(2)17/h5-7,9,17-18H,4,8H2,1-3H3,(H2,14,15). The fraction of sp³-hybridized carbons (Fsp3) is 0.462. The molecule has 4 N–H and O–H groups in total. The van der Waals surface area contributed by atoms with Crippen LogP contribution in [0.2, 0.25) is 0 Å². The van der Waals surface area contributed by atoms with Crippen LogP contribution in [0.1, 0.15) is 19.4 Å². The third kappa shape index (κ3) is 4.04. The van der Waals surface area contributed by atoms with Crippen LogP contribution < -0.4 is 10.6 Å². The van der Waals surface area contributed by atoms with Gasteiger partial charge in [0.2, 0.25) is 0 Å². The Morgan fingerprint density at radius 1 is 1.53 bits per heavy atom. The van der Waals surface area contributed by atoms with E-state index in [1.807, 2.05) is 37.1 Å². The van der Waals surface area contributed by atoms with Gasteiger partial charge in [-0.25, -0.2) is 0 Å². The zero-order valence-electron chi connectivity index (χ0n) is 11.5. The quantitative estimate of drug-likeness (QED) is 0.243. The Bertz CT molecular complexity index is 450. The Kier molecular flexibility index (Phi) is 5.98. The summed E-state index contributed by atoms with van der Waals surface area (Å²) >= 11 is 1.63. The number of likely N-dealkylation sites (N-methyl/N-ethyl adjacent to an activating group) is 1. The maximum Gasteiger partial charge on any atom is 0.173 e. The molecule has 106 valence electrons. The van der Waals surface area contributed by atoms with Gasteiger partial charge in [-0.2, -0.15) is 0 Å². The lowest BCUT2D eigenvalue weighted by Gasteiger charge is -2.24. The van der Waals surface area contributed by atoms with Gasteiger partial charge in [0.25, 0.3) is 0 Å². The van der Waals surface area contributed by atoms with Crippen LogP contribution in [-0.4, -0.2) is 41.6 Å². The molecule has 0 saturated heterocycles. The molecule has 1 rings (SSSR count). The van der Waals surface area contributed by atoms with Crippen LogP contribution in [0.15, 0.2) is 28.3 Å². The summed E-state index contributed by atoms with van der Waals surface area (Å²) in [7, 11) is 1.87. The van der Waals surface area contributed by atoms with E-state index in [1.54, 1.807) is 18.7 Å². The van der Waals surface area contributed by atoms with E-state index < -0.39 is 6.10 Å². The van der Waals surface area contributed by atoms with Gasteiger partial charge in [-0.3, -0.25) is 0 Å². The zero-order valence-corrected chi connectivity index (χ0v) is 12.3. The average molecular weight is 283 g/mol. The summed E-state index contributed by atoms with van der Waals surface area (Å²) in [6.07, 6.45) is -0.451. The van der Waals surface area contributed by atoms with Gasteiger partial charge in [-0.1, -0.05) is 18.1 Å². The predicted octanol–water partition coefficient (Wildman–Crippen LogP) is 1.71. The number of benzene rings is 1. The molecule has 19 heavy (non-hydrogen) atoms. The highest BCUT2D eigenvalue weighted by atomic mass is 32.2. The number of nitrogens with zero attached hydrogens (tertiary/aromatic N) is 2. The molecule has 0 aliphatic carbocycles. The topological polar surface area (TPSA) is 82.1 Å². The van der Waals surface area contributed by atoms with Crippen LogP contribution >= 0.6 is 11.8 Å². The summed E-state index contributed by atoms with van der Waals surface area (Å²) in [5.74, 6) is 0.985. The first-order valence-electron chi connectivity index (χ1n) is 6.14. The van der Waals surface area contributed by atoms with Crippen molar-refractivity contribution in [1.82, 2.24) is 0 Å². The summed E-state index contributed by atoms with van der Waals surface area (Å²) in [5.41, 5.74) is 7.34. The van der Waals surface area contributed by atoms with Crippen LogP contribution in [0.3, 0.4) is 0 Å². The van der Waals surface area contributed by atoms with E-state index in [1.165, 1.54) is 0 Å². The molecule has 0 heterocycles. The van der Waals surface area contributed by atoms with Gasteiger partial charge in [0.15, 0.2) is 5.84 Å². The lowest BCUT2D eigenvalue weighted by Crippen LogP contribution is -2.29. The van der Waals surface area contributed by atoms with E-state index in [0.717, 1.165) is 16.3 Å². The lowest BCUT2D eigenvalue weighted by atomic mass is 10.1. The van der Waals surface area contributed by atoms with Gasteiger partial charge < -0.3 is 20.9 Å². The zero-order chi connectivity index (χ0) is 14.4. The minimum absolute atomic E-state index is 0.0870. The van der Waals surface area contributed by atoms with Gasteiger partial charge in [-0.15, -0.1) is 11.8 Å². The van der Waals surface area contributed by atoms with Gasteiger partial charge in [0.05, 0.1) is 11.7 Å². The first-order chi connectivity index (χ1) is 9.01. The normalized spacial score (nSPS) is 13.4. The van der Waals surface area contributed by atoms with Crippen LogP contribution in [0.4, 0.5) is 5.69 Å². The highest BCUT2D eigenvalue weighted by Gasteiger charge is 2.16. The van der Waals surface area contributed by atoms with Gasteiger partial charge in [0.1, 0.15) is 0 Å². The van der Waals surface area contributed by atoms with Crippen LogP contribution in [0, 0.1) is 0 Å². The largest absolute Gasteiger partial charge is 0.409 e. The van der Waals surface area contributed by atoms with E-state index in [4.69, 9.17) is 10.9 Å². The molecule has 0 bridgehead atoms. The van der Waals surface area contributed by atoms with Gasteiger partial charge >= 0.3 is 0 Å². The molecule has 0 aliphatic heterocycles. The Labute approximate surface area is 118 Å². The fourth-order valence-electron chi connectivity index (χ4n) is 1.92. The van der Waals surface area contributed by atoms with Crippen molar-refractivity contribution in [3.05, 3.63) is 23.8 Å². The third-order valence-electron chi connectivity index (χ3n) is 2.62. The van der Waals surface area contributed by atoms with Crippen molar-refractivity contribution in [2.45, 2.75) is 24.8 Å². The second kappa shape index (κ2) is 7.25. The number of aliphatic hydroxyl groups excluding tert-OH is 1. The molecular formula is C13H21N3O2S. The van der Waals surface area contributed by atoms with Crippen molar-refractivity contribution in [3.63, 3.8) is 0 Å². The first-order valence-corrected chi connectivity index (χ1v) is 7.12. The van der Waals surface area contributed by atoms with Gasteiger partial charge in [0, 0.05) is 24.2 Å². The Morgan fingerprint density at radius 3 is 2.74 bits per heavy atom. The molecule has 0 radical (unpaired) electrons. The number of anilines is 1. The number of aliphatic hydroxyl groups is 1. The van der Waals surface area contributed by atoms with Crippen molar-refractivity contribution < 1.29 is 10.3 Å². The summed E-state index contributed by atoms with van der Waals surface area (Å²) < 4.78 is 0. The molecule has 0 fully saturated rings. The maximum absolute atomic E-state index is 9.49. The van der Waals surface area contributed by atoms with Crippen molar-refractivity contribution in [3.8, 4) is 0 Å². The Morgan fingerprint density at radius 2 is 2.21 bits per heavy atom. The summed E-state index contributed by atoms with van der Waals surface area (Å²) in [6, 6.07) is 5.77. The van der Waals surface area contributed by atoms with Crippen molar-refractivity contribution in [2.24, 2.45) is 10.9 Å². The second-order valence-corrected chi connectivity index (χ2v) is 5.60. The maximum atomic E-state index is 9.49. The molecule has 0 aromatic heterocycles. The van der Waals surface area contributed by atoms with Crippen LogP contribution in [0.25, 0.3) is 0 Å². The number of hydrogen-bond donors (Lipinski definition) is 3. The van der Waals surface area contributed by atoms with Crippen LogP contribution in [-0.2, 0) is 0 Å². The SMILES string of the molecule is CCSc1cccc(N(C)CC(C)O)c1/C(N)=N/O. The molecule has 1 unspecified atom stereocenters. The molecule has 1 aromatic rings. The predicted molar refractivity (Wildman–Crippen MR) is 80.3 cm³/mol. The number of rotatable bonds is 6. The number of hydrogen-bond acceptors (Lipinski definition) is 5. The monoisotopic (exact) mass is 283 g/mol. The molecule has 1 atom stereocenters. The highest BCUT2D eigenvalue weighted by molar-refractivity contribution is 7.99. The number of amidine groups is 1. The Balaban J connectivity index is 3.26. The van der Waals surface area contributed by atoms with E-state index in [-0.39, 0.29) is 5.84 Å². The van der Waals surface area contributed by atoms with Crippen molar-refractivity contribution in [1.29, 1.82) is 0 Å². The molecule has 0 saturated carbocycles. The number of thioether (sulfide) groups is 1. The van der Waals surface area contributed by atoms with Crippen molar-refractivity contribution >= 4 is 23.3 Å². The molecule has 0 aliphatic rings. The summed E-state index contributed by atoms with van der Waals surface area (Å²) in [6.45, 7) is 4.25. The average Bonchev–Trinajstić information content (AvgIpc) is 2.37. The number of nitrogens with two attached hydrogens (primary N) is 1. The Hall–Kier alpha value is -1.40. The highest BCUT2D eigenvalue weighted by Crippen LogP contribution is 2.30. The number of oxime groups is 1. The first kappa shape index (κ1) is 15.7. The molecule has 5 nitrogen and oxygen atoms in total. The van der Waals surface area contributed by atoms with E-state index in [9.17, 15) is 5.11 Å². The lowest BCUT2D eigenvalue weighted by molar-refractivity contribution is 0.201. The summed E-state index contributed by atoms with van der Waals surface area (Å²) in [5, 5.41) is 21.6. The third-order valence-corrected chi connectivity index (χ3v) is 3.56. The van der Waals surface area contributed by atoms with E-state index >= 15 is 0 Å². The van der Waals surface area contributed by atoms with Gasteiger partial charge in [-0.05, 0) is 24.8 Å². The second-order valence-electron chi connectivity index (χ2n) is 4.30. The minimum atomic E-state index is -0.451. The molecular weight excluding hydrogens is 262 g/mol. The minimum Gasteiger partial charge on any atom is -0.409 e. The van der Waals surface area contributed by atoms with E-state index in [0.29, 0.717) is 12.1 Å². The molecule has 0 spiro atoms. The smallest absolute Gasteiger partial charge is 0.173 e. The molecule has 0 amide bonds. The fourth-order valence-corrected chi connectivity index (χ4v) is 2.75. The van der Waals surface area contributed by atoms with Crippen molar-refractivity contribution in [2.75, 3.05) is 24.2 Å². The molecule has 1 aromatic carbocycles. The molecule has 6 heteroatoms. The summed E-state index contributed by atoms with van der Waals surface area (Å²) in [4.78, 5) is 2.87.